The zero-order valence-corrected chi connectivity index (χ0v) is 14.1. The number of aryl methyl sites for hydroxylation is 2. The summed E-state index contributed by atoms with van der Waals surface area (Å²) in [5.74, 6) is -1.11. The normalized spacial score (nSPS) is 16.7. The Morgan fingerprint density at radius 2 is 1.92 bits per heavy atom. The van der Waals surface area contributed by atoms with Crippen LogP contribution in [0.5, 0.6) is 0 Å². The van der Waals surface area contributed by atoms with E-state index < -0.39 is 23.9 Å². The summed E-state index contributed by atoms with van der Waals surface area (Å²) in [6.07, 6.45) is -0.931. The standard InChI is InChI=1S/C19H19FN2O3/c1-12-7-13(2)9-14(8-12)22-11-15(25-19(22)24)10-21-18(23)16-5-3-4-6-17(16)20/h3-9,15H,10-11H2,1-2H3,(H,21,23). The van der Waals surface area contributed by atoms with Crippen LogP contribution < -0.4 is 10.2 Å². The van der Waals surface area contributed by atoms with E-state index in [4.69, 9.17) is 4.74 Å². The van der Waals surface area contributed by atoms with Crippen molar-refractivity contribution in [2.24, 2.45) is 0 Å². The van der Waals surface area contributed by atoms with Gasteiger partial charge in [-0.25, -0.2) is 9.18 Å². The summed E-state index contributed by atoms with van der Waals surface area (Å²) < 4.78 is 18.9. The lowest BCUT2D eigenvalue weighted by molar-refractivity contribution is 0.0912. The maximum Gasteiger partial charge on any atom is 0.414 e. The number of amides is 2. The maximum atomic E-state index is 13.6. The molecule has 2 aromatic carbocycles. The predicted molar refractivity (Wildman–Crippen MR) is 92.3 cm³/mol. The van der Waals surface area contributed by atoms with Crippen molar-refractivity contribution in [1.82, 2.24) is 5.32 Å². The Labute approximate surface area is 145 Å². The van der Waals surface area contributed by atoms with Crippen molar-refractivity contribution in [3.05, 3.63) is 65.0 Å². The first kappa shape index (κ1) is 17.0. The van der Waals surface area contributed by atoms with Gasteiger partial charge >= 0.3 is 6.09 Å². The van der Waals surface area contributed by atoms with Gasteiger partial charge in [0, 0.05) is 5.69 Å². The molecular weight excluding hydrogens is 323 g/mol. The lowest BCUT2D eigenvalue weighted by atomic mass is 10.1. The van der Waals surface area contributed by atoms with E-state index in [1.807, 2.05) is 32.0 Å². The Morgan fingerprint density at radius 3 is 2.60 bits per heavy atom. The molecule has 2 amide bonds. The van der Waals surface area contributed by atoms with Gasteiger partial charge in [-0.15, -0.1) is 0 Å². The van der Waals surface area contributed by atoms with E-state index in [0.717, 1.165) is 16.8 Å². The highest BCUT2D eigenvalue weighted by Crippen LogP contribution is 2.24. The van der Waals surface area contributed by atoms with E-state index in [2.05, 4.69) is 5.32 Å². The number of halogens is 1. The van der Waals surface area contributed by atoms with Crippen LogP contribution in [0, 0.1) is 19.7 Å². The molecule has 1 aliphatic heterocycles. The minimum absolute atomic E-state index is 0.0296. The molecule has 1 saturated heterocycles. The third kappa shape index (κ3) is 3.79. The number of nitrogens with zero attached hydrogens (tertiary/aromatic N) is 1. The summed E-state index contributed by atoms with van der Waals surface area (Å²) in [6.45, 7) is 4.38. The minimum Gasteiger partial charge on any atom is -0.442 e. The number of nitrogens with one attached hydrogen (secondary N) is 1. The van der Waals surface area contributed by atoms with Crippen LogP contribution in [0.3, 0.4) is 0 Å². The van der Waals surface area contributed by atoms with Crippen LogP contribution in [0.25, 0.3) is 0 Å². The van der Waals surface area contributed by atoms with E-state index in [0.29, 0.717) is 6.54 Å². The van der Waals surface area contributed by atoms with Gasteiger partial charge < -0.3 is 10.1 Å². The maximum absolute atomic E-state index is 13.6. The number of hydrogen-bond acceptors (Lipinski definition) is 3. The van der Waals surface area contributed by atoms with Crippen molar-refractivity contribution >= 4 is 17.7 Å². The van der Waals surface area contributed by atoms with Crippen molar-refractivity contribution in [2.45, 2.75) is 20.0 Å². The Balaban J connectivity index is 1.63. The first-order chi connectivity index (χ1) is 11.9. The van der Waals surface area contributed by atoms with Gasteiger partial charge in [0.05, 0.1) is 18.7 Å². The number of anilines is 1. The van der Waals surface area contributed by atoms with Crippen LogP contribution in [-0.4, -0.2) is 31.2 Å². The number of hydrogen-bond donors (Lipinski definition) is 1. The molecule has 0 aliphatic carbocycles. The highest BCUT2D eigenvalue weighted by atomic mass is 19.1. The summed E-state index contributed by atoms with van der Waals surface area (Å²) in [5.41, 5.74) is 2.85. The van der Waals surface area contributed by atoms with E-state index >= 15 is 0 Å². The quantitative estimate of drug-likeness (QED) is 0.928. The van der Waals surface area contributed by atoms with Crippen molar-refractivity contribution in [3.8, 4) is 0 Å². The smallest absolute Gasteiger partial charge is 0.414 e. The number of rotatable bonds is 4. The van der Waals surface area contributed by atoms with Crippen LogP contribution >= 0.6 is 0 Å². The highest BCUT2D eigenvalue weighted by molar-refractivity contribution is 5.94. The number of cyclic esters (lactones) is 1. The first-order valence-electron chi connectivity index (χ1n) is 8.03. The molecule has 6 heteroatoms. The van der Waals surface area contributed by atoms with Gasteiger partial charge in [-0.3, -0.25) is 9.69 Å². The molecule has 3 rings (SSSR count). The van der Waals surface area contributed by atoms with Crippen LogP contribution in [0.4, 0.5) is 14.9 Å². The van der Waals surface area contributed by atoms with Crippen LogP contribution in [0.1, 0.15) is 21.5 Å². The molecule has 1 N–H and O–H groups in total. The lowest BCUT2D eigenvalue weighted by Gasteiger charge is -2.15. The molecule has 0 radical (unpaired) electrons. The Kier molecular flexibility index (Phi) is 4.70. The Bertz CT molecular complexity index is 802. The summed E-state index contributed by atoms with van der Waals surface area (Å²) in [7, 11) is 0. The highest BCUT2D eigenvalue weighted by Gasteiger charge is 2.32. The largest absolute Gasteiger partial charge is 0.442 e. The average Bonchev–Trinajstić information content (AvgIpc) is 2.93. The molecule has 1 unspecified atom stereocenters. The molecule has 5 nitrogen and oxygen atoms in total. The molecule has 0 bridgehead atoms. The second-order valence-electron chi connectivity index (χ2n) is 6.15. The summed E-state index contributed by atoms with van der Waals surface area (Å²) in [4.78, 5) is 25.7. The molecule has 1 fully saturated rings. The van der Waals surface area contributed by atoms with E-state index in [1.54, 1.807) is 11.0 Å². The van der Waals surface area contributed by atoms with Gasteiger partial charge in [0.2, 0.25) is 0 Å². The van der Waals surface area contributed by atoms with Crippen molar-refractivity contribution in [2.75, 3.05) is 18.0 Å². The summed E-state index contributed by atoms with van der Waals surface area (Å²) >= 11 is 0. The van der Waals surface area contributed by atoms with Crippen LogP contribution in [0.2, 0.25) is 0 Å². The number of carbonyl (C=O) groups excluding carboxylic acids is 2. The molecule has 1 heterocycles. The van der Waals surface area contributed by atoms with E-state index in [1.165, 1.54) is 18.2 Å². The molecule has 0 aromatic heterocycles. The average molecular weight is 342 g/mol. The number of benzene rings is 2. The molecule has 1 aliphatic rings. The van der Waals surface area contributed by atoms with E-state index in [-0.39, 0.29) is 12.1 Å². The number of ether oxygens (including phenoxy) is 1. The first-order valence-corrected chi connectivity index (χ1v) is 8.03. The molecule has 1 atom stereocenters. The topological polar surface area (TPSA) is 58.6 Å². The number of carbonyl (C=O) groups is 2. The molecule has 25 heavy (non-hydrogen) atoms. The van der Waals surface area contributed by atoms with Crippen LogP contribution in [-0.2, 0) is 4.74 Å². The Hall–Kier alpha value is -2.89. The zero-order valence-electron chi connectivity index (χ0n) is 14.1. The monoisotopic (exact) mass is 342 g/mol. The lowest BCUT2D eigenvalue weighted by Crippen LogP contribution is -2.35. The predicted octanol–water partition coefficient (Wildman–Crippen LogP) is 3.20. The second kappa shape index (κ2) is 6.93. The fourth-order valence-electron chi connectivity index (χ4n) is 2.89. The van der Waals surface area contributed by atoms with Gasteiger partial charge in [-0.05, 0) is 49.2 Å². The van der Waals surface area contributed by atoms with Gasteiger partial charge in [0.1, 0.15) is 11.9 Å². The van der Waals surface area contributed by atoms with Gasteiger partial charge in [-0.1, -0.05) is 18.2 Å². The van der Waals surface area contributed by atoms with Gasteiger partial charge in [-0.2, -0.15) is 0 Å². The molecule has 2 aromatic rings. The van der Waals surface area contributed by atoms with Crippen molar-refractivity contribution in [3.63, 3.8) is 0 Å². The van der Waals surface area contributed by atoms with Crippen molar-refractivity contribution < 1.29 is 18.7 Å². The second-order valence-corrected chi connectivity index (χ2v) is 6.15. The van der Waals surface area contributed by atoms with Crippen molar-refractivity contribution in [1.29, 1.82) is 0 Å². The minimum atomic E-state index is -0.583. The molecular formula is C19H19FN2O3. The fraction of sp³-hybridized carbons (Fsp3) is 0.263. The third-order valence-electron chi connectivity index (χ3n) is 4.00. The fourth-order valence-corrected chi connectivity index (χ4v) is 2.89. The summed E-state index contributed by atoms with van der Waals surface area (Å²) in [6, 6.07) is 11.6. The molecule has 0 spiro atoms. The summed E-state index contributed by atoms with van der Waals surface area (Å²) in [5, 5.41) is 2.61. The molecule has 0 saturated carbocycles. The third-order valence-corrected chi connectivity index (χ3v) is 4.00. The van der Waals surface area contributed by atoms with Gasteiger partial charge in [0.15, 0.2) is 0 Å². The van der Waals surface area contributed by atoms with Gasteiger partial charge in [0.25, 0.3) is 5.91 Å². The zero-order chi connectivity index (χ0) is 18.0. The molecule has 130 valence electrons. The Morgan fingerprint density at radius 1 is 1.24 bits per heavy atom. The SMILES string of the molecule is Cc1cc(C)cc(N2CC(CNC(=O)c3ccccc3F)OC2=O)c1. The van der Waals surface area contributed by atoms with Crippen LogP contribution in [0.15, 0.2) is 42.5 Å². The van der Waals surface area contributed by atoms with E-state index in [9.17, 15) is 14.0 Å².